The minimum Gasteiger partial charge on any atom is -0.457 e. The molecular weight excluding hydrogens is 376 g/mol. The van der Waals surface area contributed by atoms with Gasteiger partial charge in [-0.1, -0.05) is 67.7 Å². The van der Waals surface area contributed by atoms with Crippen LogP contribution in [0.15, 0.2) is 66.8 Å². The zero-order valence-electron chi connectivity index (χ0n) is 16.8. The number of benzene rings is 2. The molecule has 2 aliphatic rings. The number of para-hydroxylation sites is 1. The van der Waals surface area contributed by atoms with Gasteiger partial charge < -0.3 is 4.74 Å². The van der Waals surface area contributed by atoms with Crippen LogP contribution in [-0.4, -0.2) is 10.2 Å². The normalized spacial score (nSPS) is 18.8. The topological polar surface area (TPSA) is 35.0 Å². The fourth-order valence-corrected chi connectivity index (χ4v) is 5.55. The molecule has 0 N–H and O–H groups in total. The quantitative estimate of drug-likeness (QED) is 0.472. The molecule has 0 amide bonds. The fourth-order valence-electron chi connectivity index (χ4n) is 4.62. The van der Waals surface area contributed by atoms with Crippen molar-refractivity contribution in [1.82, 2.24) is 10.2 Å². The van der Waals surface area contributed by atoms with Gasteiger partial charge in [-0.15, -0.1) is 10.2 Å². The highest BCUT2D eigenvalue weighted by molar-refractivity contribution is 7.14. The Morgan fingerprint density at radius 3 is 2.62 bits per heavy atom. The largest absolute Gasteiger partial charge is 0.457 e. The summed E-state index contributed by atoms with van der Waals surface area (Å²) in [4.78, 5) is 0. The molecule has 0 saturated carbocycles. The van der Waals surface area contributed by atoms with Gasteiger partial charge in [0.15, 0.2) is 0 Å². The molecule has 0 bridgehead atoms. The van der Waals surface area contributed by atoms with Gasteiger partial charge in [0.2, 0.25) is 0 Å². The lowest BCUT2D eigenvalue weighted by Crippen LogP contribution is -2.30. The number of hydrogen-bond acceptors (Lipinski definition) is 4. The highest BCUT2D eigenvalue weighted by Crippen LogP contribution is 2.52. The first-order valence-electron chi connectivity index (χ1n) is 10.3. The van der Waals surface area contributed by atoms with Gasteiger partial charge in [0.05, 0.1) is 0 Å². The maximum absolute atomic E-state index is 6.28. The minimum atomic E-state index is -0.0371. The summed E-state index contributed by atoms with van der Waals surface area (Å²) >= 11 is 1.70. The van der Waals surface area contributed by atoms with E-state index in [9.17, 15) is 0 Å². The van der Waals surface area contributed by atoms with Crippen molar-refractivity contribution < 1.29 is 4.74 Å². The van der Waals surface area contributed by atoms with Crippen molar-refractivity contribution in [3.05, 3.63) is 82.9 Å². The monoisotopic (exact) mass is 400 g/mol. The third kappa shape index (κ3) is 2.94. The van der Waals surface area contributed by atoms with E-state index in [1.165, 1.54) is 11.1 Å². The number of aromatic nitrogens is 2. The van der Waals surface area contributed by atoms with Crippen LogP contribution in [0, 0.1) is 0 Å². The standard InChI is InChI=1S/C25H24N2OS/c1-3-25(4-2)19-12-8-9-13-21(19)28-22-15-14-18(16-20(22)25)24-27-26-23(29-24)17-10-6-5-7-11-17/h5-10,12-17H,3-4,11H2,1-2H3. The first kappa shape index (κ1) is 18.3. The average Bonchev–Trinajstić information content (AvgIpc) is 3.28. The van der Waals surface area contributed by atoms with Crippen LogP contribution in [0.25, 0.3) is 10.6 Å². The van der Waals surface area contributed by atoms with E-state index in [-0.39, 0.29) is 5.41 Å². The summed E-state index contributed by atoms with van der Waals surface area (Å²) in [6, 6.07) is 14.9. The van der Waals surface area contributed by atoms with Crippen molar-refractivity contribution >= 4 is 11.3 Å². The molecule has 1 unspecified atom stereocenters. The molecule has 1 atom stereocenters. The van der Waals surface area contributed by atoms with Gasteiger partial charge in [-0.3, -0.25) is 0 Å². The van der Waals surface area contributed by atoms with E-state index in [4.69, 9.17) is 4.74 Å². The molecule has 1 aliphatic heterocycles. The van der Waals surface area contributed by atoms with Crippen molar-refractivity contribution in [1.29, 1.82) is 0 Å². The Morgan fingerprint density at radius 1 is 1.00 bits per heavy atom. The predicted octanol–water partition coefficient (Wildman–Crippen LogP) is 7.02. The van der Waals surface area contributed by atoms with Gasteiger partial charge >= 0.3 is 0 Å². The molecule has 2 aromatic carbocycles. The summed E-state index contributed by atoms with van der Waals surface area (Å²) in [6.07, 6.45) is 11.6. The Labute approximate surface area is 175 Å². The van der Waals surface area contributed by atoms with E-state index in [1.807, 2.05) is 6.07 Å². The second-order valence-corrected chi connectivity index (χ2v) is 8.71. The van der Waals surface area contributed by atoms with Crippen LogP contribution in [0.5, 0.6) is 11.5 Å². The molecule has 0 fully saturated rings. The molecule has 1 aromatic heterocycles. The SMILES string of the molecule is CCC1(CC)c2ccccc2Oc2ccc(-c3nnc(C4C=CC=CC4)s3)cc21. The molecule has 3 nitrogen and oxygen atoms in total. The van der Waals surface area contributed by atoms with Crippen molar-refractivity contribution in [3.63, 3.8) is 0 Å². The van der Waals surface area contributed by atoms with Gasteiger partial charge in [0.1, 0.15) is 21.5 Å². The van der Waals surface area contributed by atoms with E-state index in [0.717, 1.165) is 46.3 Å². The van der Waals surface area contributed by atoms with Crippen LogP contribution in [0.4, 0.5) is 0 Å². The van der Waals surface area contributed by atoms with Crippen LogP contribution in [-0.2, 0) is 5.41 Å². The number of ether oxygens (including phenoxy) is 1. The molecule has 4 heteroatoms. The first-order valence-corrected chi connectivity index (χ1v) is 11.2. The lowest BCUT2D eigenvalue weighted by atomic mass is 9.68. The third-order valence-corrected chi connectivity index (χ3v) is 7.41. The number of nitrogens with zero attached hydrogens (tertiary/aromatic N) is 2. The molecule has 0 spiro atoms. The van der Waals surface area contributed by atoms with Crippen LogP contribution < -0.4 is 4.74 Å². The summed E-state index contributed by atoms with van der Waals surface area (Å²) in [5, 5.41) is 11.1. The summed E-state index contributed by atoms with van der Waals surface area (Å²) in [7, 11) is 0. The second kappa shape index (κ2) is 7.27. The Kier molecular flexibility index (Phi) is 4.59. The Balaban J connectivity index is 1.57. The van der Waals surface area contributed by atoms with Crippen molar-refractivity contribution in [3.8, 4) is 22.1 Å². The number of hydrogen-bond donors (Lipinski definition) is 0. The molecule has 2 heterocycles. The van der Waals surface area contributed by atoms with Gasteiger partial charge in [0.25, 0.3) is 0 Å². The van der Waals surface area contributed by atoms with Gasteiger partial charge in [-0.05, 0) is 43.5 Å². The van der Waals surface area contributed by atoms with Gasteiger partial charge in [0, 0.05) is 28.0 Å². The highest BCUT2D eigenvalue weighted by atomic mass is 32.1. The van der Waals surface area contributed by atoms with E-state index in [0.29, 0.717) is 5.92 Å². The highest BCUT2D eigenvalue weighted by Gasteiger charge is 2.39. The lowest BCUT2D eigenvalue weighted by molar-refractivity contribution is 0.375. The average molecular weight is 401 g/mol. The molecule has 1 aliphatic carbocycles. The van der Waals surface area contributed by atoms with Crippen molar-refractivity contribution in [2.45, 2.75) is 44.4 Å². The zero-order chi connectivity index (χ0) is 19.8. The smallest absolute Gasteiger partial charge is 0.147 e. The maximum Gasteiger partial charge on any atom is 0.147 e. The molecule has 0 saturated heterocycles. The summed E-state index contributed by atoms with van der Waals surface area (Å²) in [5.74, 6) is 2.28. The van der Waals surface area contributed by atoms with Gasteiger partial charge in [-0.2, -0.15) is 0 Å². The van der Waals surface area contributed by atoms with E-state index >= 15 is 0 Å². The third-order valence-electron chi connectivity index (χ3n) is 6.31. The van der Waals surface area contributed by atoms with Crippen LogP contribution in [0.3, 0.4) is 0 Å². The van der Waals surface area contributed by atoms with E-state index in [1.54, 1.807) is 11.3 Å². The summed E-state index contributed by atoms with van der Waals surface area (Å²) in [5.41, 5.74) is 3.63. The van der Waals surface area contributed by atoms with Crippen LogP contribution >= 0.6 is 11.3 Å². The number of rotatable bonds is 4. The summed E-state index contributed by atoms with van der Waals surface area (Å²) < 4.78 is 6.28. The number of fused-ring (bicyclic) bond motifs is 2. The molecular formula is C25H24N2OS. The van der Waals surface area contributed by atoms with Crippen molar-refractivity contribution in [2.75, 3.05) is 0 Å². The van der Waals surface area contributed by atoms with Crippen LogP contribution in [0.2, 0.25) is 0 Å². The Morgan fingerprint density at radius 2 is 1.83 bits per heavy atom. The predicted molar refractivity (Wildman–Crippen MR) is 119 cm³/mol. The zero-order valence-corrected chi connectivity index (χ0v) is 17.6. The minimum absolute atomic E-state index is 0.0371. The summed E-state index contributed by atoms with van der Waals surface area (Å²) in [6.45, 7) is 4.54. The van der Waals surface area contributed by atoms with Crippen LogP contribution in [0.1, 0.15) is 55.2 Å². The van der Waals surface area contributed by atoms with E-state index in [2.05, 4.69) is 84.7 Å². The fraction of sp³-hybridized carbons (Fsp3) is 0.280. The van der Waals surface area contributed by atoms with E-state index < -0.39 is 0 Å². The Bertz CT molecular complexity index is 1110. The van der Waals surface area contributed by atoms with Crippen molar-refractivity contribution in [2.24, 2.45) is 0 Å². The molecule has 146 valence electrons. The molecule has 3 aromatic rings. The van der Waals surface area contributed by atoms with Gasteiger partial charge in [-0.25, -0.2) is 0 Å². The molecule has 29 heavy (non-hydrogen) atoms. The molecule has 5 rings (SSSR count). The number of allylic oxidation sites excluding steroid dienone is 4. The Hall–Kier alpha value is -2.72. The lowest BCUT2D eigenvalue weighted by Gasteiger charge is -2.39. The first-order chi connectivity index (χ1) is 14.2. The second-order valence-electron chi connectivity index (χ2n) is 7.70. The molecule has 0 radical (unpaired) electrons. The maximum atomic E-state index is 6.28.